The Morgan fingerprint density at radius 1 is 1.16 bits per heavy atom. The Bertz CT molecular complexity index is 640. The van der Waals surface area contributed by atoms with Gasteiger partial charge in [-0.3, -0.25) is 4.79 Å². The molecule has 1 aromatic rings. The zero-order valence-corrected chi connectivity index (χ0v) is 16.3. The molecule has 25 heavy (non-hydrogen) atoms. The van der Waals surface area contributed by atoms with E-state index in [1.807, 2.05) is 11.3 Å². The van der Waals surface area contributed by atoms with Gasteiger partial charge < -0.3 is 5.32 Å². The predicted molar refractivity (Wildman–Crippen MR) is 103 cm³/mol. The van der Waals surface area contributed by atoms with Crippen molar-refractivity contribution in [2.75, 3.05) is 0 Å². The van der Waals surface area contributed by atoms with E-state index in [1.54, 1.807) is 0 Å². The van der Waals surface area contributed by atoms with Crippen molar-refractivity contribution in [2.45, 2.75) is 83.6 Å². The SMILES string of the molecule is CC[C@@H](NC(=O)c1csc2c1CCCC2)C12CC3CC(CC(C3)C1)C2. The number of hydrogen-bond acceptors (Lipinski definition) is 2. The van der Waals surface area contributed by atoms with Crippen molar-refractivity contribution in [3.05, 3.63) is 21.4 Å². The summed E-state index contributed by atoms with van der Waals surface area (Å²) in [5, 5.41) is 5.68. The number of hydrogen-bond donors (Lipinski definition) is 1. The minimum atomic E-state index is 0.224. The third-order valence-electron chi connectivity index (χ3n) is 7.84. The number of carbonyl (C=O) groups excluding carboxylic acids is 1. The van der Waals surface area contributed by atoms with Gasteiger partial charge in [0.2, 0.25) is 0 Å². The first-order chi connectivity index (χ1) is 12.2. The average molecular weight is 358 g/mol. The van der Waals surface area contributed by atoms with E-state index in [-0.39, 0.29) is 5.91 Å². The minimum Gasteiger partial charge on any atom is -0.349 e. The number of carbonyl (C=O) groups is 1. The molecule has 3 heteroatoms. The van der Waals surface area contributed by atoms with Gasteiger partial charge in [0.05, 0.1) is 5.56 Å². The number of fused-ring (bicyclic) bond motifs is 1. The summed E-state index contributed by atoms with van der Waals surface area (Å²) in [7, 11) is 0. The van der Waals surface area contributed by atoms with Gasteiger partial charge in [0.15, 0.2) is 0 Å². The van der Waals surface area contributed by atoms with Gasteiger partial charge in [0, 0.05) is 16.3 Å². The van der Waals surface area contributed by atoms with Crippen LogP contribution in [0.15, 0.2) is 5.38 Å². The molecule has 136 valence electrons. The smallest absolute Gasteiger partial charge is 0.252 e. The summed E-state index contributed by atoms with van der Waals surface area (Å²) in [6, 6.07) is 0.382. The first-order valence-corrected chi connectivity index (χ1v) is 11.4. The lowest BCUT2D eigenvalue weighted by atomic mass is 9.47. The summed E-state index contributed by atoms with van der Waals surface area (Å²) in [6.45, 7) is 2.28. The van der Waals surface area contributed by atoms with Crippen LogP contribution in [0.1, 0.15) is 85.5 Å². The normalized spacial score (nSPS) is 36.9. The number of nitrogens with one attached hydrogen (secondary N) is 1. The Morgan fingerprint density at radius 2 is 1.80 bits per heavy atom. The molecule has 6 rings (SSSR count). The van der Waals surface area contributed by atoms with Crippen LogP contribution in [0.4, 0.5) is 0 Å². The summed E-state index contributed by atoms with van der Waals surface area (Å²) in [6.07, 6.45) is 14.5. The van der Waals surface area contributed by atoms with E-state index < -0.39 is 0 Å². The van der Waals surface area contributed by atoms with E-state index in [4.69, 9.17) is 0 Å². The molecule has 1 amide bonds. The third-order valence-corrected chi connectivity index (χ3v) is 8.93. The molecular formula is C22H31NOS. The van der Waals surface area contributed by atoms with Crippen molar-refractivity contribution in [3.63, 3.8) is 0 Å². The number of amides is 1. The summed E-state index contributed by atoms with van der Waals surface area (Å²) in [4.78, 5) is 14.6. The van der Waals surface area contributed by atoms with Crippen LogP contribution in [0.5, 0.6) is 0 Å². The monoisotopic (exact) mass is 357 g/mol. The summed E-state index contributed by atoms with van der Waals surface area (Å²) in [5.41, 5.74) is 2.78. The fourth-order valence-electron chi connectivity index (χ4n) is 7.21. The predicted octanol–water partition coefficient (Wildman–Crippen LogP) is 5.35. The van der Waals surface area contributed by atoms with E-state index in [1.165, 1.54) is 68.2 Å². The largest absolute Gasteiger partial charge is 0.349 e. The highest BCUT2D eigenvalue weighted by atomic mass is 32.1. The summed E-state index contributed by atoms with van der Waals surface area (Å²) >= 11 is 1.81. The van der Waals surface area contributed by atoms with Gasteiger partial charge in [-0.1, -0.05) is 6.92 Å². The molecule has 1 atom stereocenters. The van der Waals surface area contributed by atoms with E-state index in [0.29, 0.717) is 11.5 Å². The Hall–Kier alpha value is -0.830. The van der Waals surface area contributed by atoms with Crippen molar-refractivity contribution in [1.82, 2.24) is 5.32 Å². The molecule has 1 aromatic heterocycles. The van der Waals surface area contributed by atoms with Crippen LogP contribution in [-0.2, 0) is 12.8 Å². The van der Waals surface area contributed by atoms with Gasteiger partial charge >= 0.3 is 0 Å². The summed E-state index contributed by atoms with van der Waals surface area (Å²) in [5.74, 6) is 3.07. The van der Waals surface area contributed by atoms with Crippen LogP contribution in [0.25, 0.3) is 0 Å². The molecule has 0 aromatic carbocycles. The lowest BCUT2D eigenvalue weighted by molar-refractivity contribution is -0.0727. The molecule has 0 aliphatic heterocycles. The molecule has 0 spiro atoms. The van der Waals surface area contributed by atoms with Crippen molar-refractivity contribution in [3.8, 4) is 0 Å². The van der Waals surface area contributed by atoms with Gasteiger partial charge in [-0.2, -0.15) is 0 Å². The first-order valence-electron chi connectivity index (χ1n) is 10.6. The Labute approximate surface area is 155 Å². The fourth-order valence-corrected chi connectivity index (χ4v) is 8.34. The summed E-state index contributed by atoms with van der Waals surface area (Å²) < 4.78 is 0. The zero-order valence-electron chi connectivity index (χ0n) is 15.5. The maximum atomic E-state index is 13.1. The van der Waals surface area contributed by atoms with E-state index in [0.717, 1.165) is 36.2 Å². The lowest BCUT2D eigenvalue weighted by Gasteiger charge is -2.59. The zero-order chi connectivity index (χ0) is 17.0. The quantitative estimate of drug-likeness (QED) is 0.773. The average Bonchev–Trinajstić information content (AvgIpc) is 3.02. The van der Waals surface area contributed by atoms with Crippen LogP contribution in [0.2, 0.25) is 0 Å². The highest BCUT2D eigenvalue weighted by Crippen LogP contribution is 2.61. The van der Waals surface area contributed by atoms with Crippen LogP contribution in [-0.4, -0.2) is 11.9 Å². The molecule has 2 nitrogen and oxygen atoms in total. The second-order valence-electron chi connectivity index (χ2n) is 9.47. The van der Waals surface area contributed by atoms with Crippen LogP contribution in [0.3, 0.4) is 0 Å². The second-order valence-corrected chi connectivity index (χ2v) is 10.4. The van der Waals surface area contributed by atoms with Crippen molar-refractivity contribution in [1.29, 1.82) is 0 Å². The molecule has 0 unspecified atom stereocenters. The molecule has 5 aliphatic rings. The Kier molecular flexibility index (Phi) is 4.00. The van der Waals surface area contributed by atoms with Crippen LogP contribution in [0, 0.1) is 23.2 Å². The number of rotatable bonds is 4. The topological polar surface area (TPSA) is 29.1 Å². The first kappa shape index (κ1) is 16.4. The van der Waals surface area contributed by atoms with E-state index in [9.17, 15) is 4.79 Å². The molecule has 4 fully saturated rings. The molecule has 0 radical (unpaired) electrons. The van der Waals surface area contributed by atoms with Crippen molar-refractivity contribution >= 4 is 17.2 Å². The molecular weight excluding hydrogens is 326 g/mol. The maximum absolute atomic E-state index is 13.1. The van der Waals surface area contributed by atoms with E-state index >= 15 is 0 Å². The van der Waals surface area contributed by atoms with Gasteiger partial charge in [-0.05, 0) is 99.4 Å². The molecule has 4 bridgehead atoms. The van der Waals surface area contributed by atoms with Gasteiger partial charge in [0.1, 0.15) is 0 Å². The third kappa shape index (κ3) is 2.69. The maximum Gasteiger partial charge on any atom is 0.252 e. The fraction of sp³-hybridized carbons (Fsp3) is 0.773. The van der Waals surface area contributed by atoms with Gasteiger partial charge in [0.25, 0.3) is 5.91 Å². The number of aryl methyl sites for hydroxylation is 1. The Balaban J connectivity index is 1.37. The van der Waals surface area contributed by atoms with Crippen LogP contribution >= 0.6 is 11.3 Å². The number of thiophene rings is 1. The highest BCUT2D eigenvalue weighted by Gasteiger charge is 2.54. The van der Waals surface area contributed by atoms with Gasteiger partial charge in [-0.25, -0.2) is 0 Å². The molecule has 1 N–H and O–H groups in total. The molecule has 4 saturated carbocycles. The second kappa shape index (κ2) is 6.11. The molecule has 1 heterocycles. The highest BCUT2D eigenvalue weighted by molar-refractivity contribution is 7.10. The van der Waals surface area contributed by atoms with Crippen LogP contribution < -0.4 is 5.32 Å². The van der Waals surface area contributed by atoms with Crippen molar-refractivity contribution in [2.24, 2.45) is 23.2 Å². The molecule has 5 aliphatic carbocycles. The van der Waals surface area contributed by atoms with Crippen molar-refractivity contribution < 1.29 is 4.79 Å². The molecule has 0 saturated heterocycles. The minimum absolute atomic E-state index is 0.224. The van der Waals surface area contributed by atoms with Gasteiger partial charge in [-0.15, -0.1) is 11.3 Å². The standard InChI is InChI=1S/C22H31NOS/c1-2-20(22-10-14-7-15(11-22)9-16(8-14)12-22)23-21(24)18-13-25-19-6-4-3-5-17(18)19/h13-16,20H,2-12H2,1H3,(H,23,24)/t14?,15?,16?,20-,22?/m1/s1. The lowest BCUT2D eigenvalue weighted by Crippen LogP contribution is -2.56. The van der Waals surface area contributed by atoms with E-state index in [2.05, 4.69) is 17.6 Å². The Morgan fingerprint density at radius 3 is 2.44 bits per heavy atom.